The largest absolute Gasteiger partial charge is 0.480 e. The second-order valence-corrected chi connectivity index (χ2v) is 7.74. The molecule has 2 rings (SSSR count). The zero-order valence-corrected chi connectivity index (χ0v) is 13.8. The lowest BCUT2D eigenvalue weighted by Crippen LogP contribution is -2.36. The summed E-state index contributed by atoms with van der Waals surface area (Å²) in [4.78, 5) is 12.8. The number of carboxylic acid groups (broad SMARTS) is 1. The molecule has 1 heterocycles. The van der Waals surface area contributed by atoms with Crippen LogP contribution in [0.15, 0.2) is 33.6 Å². The summed E-state index contributed by atoms with van der Waals surface area (Å²) in [5, 5.41) is 8.81. The number of carboxylic acids is 1. The van der Waals surface area contributed by atoms with Crippen molar-refractivity contribution in [3.63, 3.8) is 0 Å². The molecular formula is C13H17BrN2O4S. The predicted molar refractivity (Wildman–Crippen MR) is 81.6 cm³/mol. The van der Waals surface area contributed by atoms with E-state index in [1.54, 1.807) is 29.2 Å². The van der Waals surface area contributed by atoms with Crippen LogP contribution < -0.4 is 0 Å². The maximum absolute atomic E-state index is 12.6. The van der Waals surface area contributed by atoms with E-state index in [1.165, 1.54) is 4.31 Å². The van der Waals surface area contributed by atoms with Crippen molar-refractivity contribution in [1.29, 1.82) is 0 Å². The van der Waals surface area contributed by atoms with E-state index in [0.717, 1.165) is 0 Å². The molecule has 1 aliphatic heterocycles. The van der Waals surface area contributed by atoms with Crippen molar-refractivity contribution in [3.8, 4) is 0 Å². The maximum Gasteiger partial charge on any atom is 0.317 e. The Morgan fingerprint density at radius 1 is 1.24 bits per heavy atom. The van der Waals surface area contributed by atoms with Gasteiger partial charge in [0.2, 0.25) is 10.0 Å². The number of rotatable bonds is 4. The third kappa shape index (κ3) is 4.26. The zero-order valence-electron chi connectivity index (χ0n) is 11.4. The minimum Gasteiger partial charge on any atom is -0.480 e. The van der Waals surface area contributed by atoms with E-state index in [1.807, 2.05) is 0 Å². The first-order valence-corrected chi connectivity index (χ1v) is 8.83. The zero-order chi connectivity index (χ0) is 15.5. The summed E-state index contributed by atoms with van der Waals surface area (Å²) < 4.78 is 27.3. The fourth-order valence-electron chi connectivity index (χ4n) is 2.31. The van der Waals surface area contributed by atoms with Crippen LogP contribution in [0.4, 0.5) is 0 Å². The third-order valence-corrected chi connectivity index (χ3v) is 5.73. The molecule has 0 aromatic heterocycles. The first-order valence-electron chi connectivity index (χ1n) is 6.59. The Labute approximate surface area is 132 Å². The van der Waals surface area contributed by atoms with Crippen LogP contribution in [0.25, 0.3) is 0 Å². The van der Waals surface area contributed by atoms with E-state index in [2.05, 4.69) is 15.9 Å². The Kier molecular flexibility index (Phi) is 5.37. The lowest BCUT2D eigenvalue weighted by molar-refractivity contribution is -0.138. The number of carbonyl (C=O) groups is 1. The Morgan fingerprint density at radius 2 is 2.00 bits per heavy atom. The molecule has 6 nitrogen and oxygen atoms in total. The van der Waals surface area contributed by atoms with Crippen molar-refractivity contribution in [3.05, 3.63) is 28.7 Å². The Hall–Kier alpha value is -0.960. The monoisotopic (exact) mass is 376 g/mol. The number of halogens is 1. The van der Waals surface area contributed by atoms with E-state index in [9.17, 15) is 13.2 Å². The maximum atomic E-state index is 12.6. The van der Waals surface area contributed by atoms with Gasteiger partial charge in [0.05, 0.1) is 11.4 Å². The second kappa shape index (κ2) is 6.87. The summed E-state index contributed by atoms with van der Waals surface area (Å²) in [5.41, 5.74) is 0. The standard InChI is InChI=1S/C13H17BrN2O4S/c14-11-3-1-4-12(9-11)21(19,20)16-6-2-5-15(7-8-16)10-13(17)18/h1,3-4,9H,2,5-8,10H2,(H,17,18). The van der Waals surface area contributed by atoms with Gasteiger partial charge >= 0.3 is 5.97 Å². The second-order valence-electron chi connectivity index (χ2n) is 4.88. The number of nitrogens with zero attached hydrogens (tertiary/aromatic N) is 2. The molecular weight excluding hydrogens is 360 g/mol. The predicted octanol–water partition coefficient (Wildman–Crippen LogP) is 1.23. The van der Waals surface area contributed by atoms with E-state index in [4.69, 9.17) is 5.11 Å². The minimum atomic E-state index is -3.53. The summed E-state index contributed by atoms with van der Waals surface area (Å²) in [6.45, 7) is 1.69. The van der Waals surface area contributed by atoms with Crippen molar-refractivity contribution < 1.29 is 18.3 Å². The highest BCUT2D eigenvalue weighted by atomic mass is 79.9. The number of benzene rings is 1. The quantitative estimate of drug-likeness (QED) is 0.854. The van der Waals surface area contributed by atoms with Gasteiger partial charge < -0.3 is 5.11 Å². The molecule has 1 aliphatic rings. The van der Waals surface area contributed by atoms with Gasteiger partial charge in [0, 0.05) is 30.7 Å². The van der Waals surface area contributed by atoms with Gasteiger partial charge in [0.1, 0.15) is 0 Å². The fraction of sp³-hybridized carbons (Fsp3) is 0.462. The highest BCUT2D eigenvalue weighted by molar-refractivity contribution is 9.10. The van der Waals surface area contributed by atoms with E-state index >= 15 is 0 Å². The topological polar surface area (TPSA) is 77.9 Å². The van der Waals surface area contributed by atoms with Crippen molar-refractivity contribution in [1.82, 2.24) is 9.21 Å². The van der Waals surface area contributed by atoms with Gasteiger partial charge in [-0.15, -0.1) is 0 Å². The van der Waals surface area contributed by atoms with E-state index in [-0.39, 0.29) is 11.4 Å². The Morgan fingerprint density at radius 3 is 2.67 bits per heavy atom. The van der Waals surface area contributed by atoms with Crippen LogP contribution in [0.5, 0.6) is 0 Å². The first kappa shape index (κ1) is 16.4. The average molecular weight is 377 g/mol. The lowest BCUT2D eigenvalue weighted by atomic mass is 10.4. The number of sulfonamides is 1. The van der Waals surface area contributed by atoms with Gasteiger partial charge in [0.25, 0.3) is 0 Å². The van der Waals surface area contributed by atoms with Gasteiger partial charge in [-0.1, -0.05) is 22.0 Å². The van der Waals surface area contributed by atoms with Gasteiger partial charge in [-0.05, 0) is 24.6 Å². The molecule has 21 heavy (non-hydrogen) atoms. The number of hydrogen-bond acceptors (Lipinski definition) is 4. The summed E-state index contributed by atoms with van der Waals surface area (Å²) in [7, 11) is -3.53. The SMILES string of the molecule is O=C(O)CN1CCCN(S(=O)(=O)c2cccc(Br)c2)CC1. The van der Waals surface area contributed by atoms with Gasteiger partial charge in [0.15, 0.2) is 0 Å². The molecule has 1 saturated heterocycles. The summed E-state index contributed by atoms with van der Waals surface area (Å²) in [6, 6.07) is 6.61. The molecule has 8 heteroatoms. The molecule has 1 aromatic carbocycles. The molecule has 0 spiro atoms. The molecule has 0 amide bonds. The fourth-order valence-corrected chi connectivity index (χ4v) is 4.38. The summed E-state index contributed by atoms with van der Waals surface area (Å²) in [6.07, 6.45) is 0.626. The van der Waals surface area contributed by atoms with Gasteiger partial charge in [-0.2, -0.15) is 4.31 Å². The Balaban J connectivity index is 2.12. The van der Waals surface area contributed by atoms with E-state index in [0.29, 0.717) is 37.1 Å². The molecule has 0 unspecified atom stereocenters. The van der Waals surface area contributed by atoms with Crippen LogP contribution in [0.1, 0.15) is 6.42 Å². The van der Waals surface area contributed by atoms with Crippen molar-refractivity contribution in [2.45, 2.75) is 11.3 Å². The average Bonchev–Trinajstić information content (AvgIpc) is 2.64. The van der Waals surface area contributed by atoms with Gasteiger partial charge in [-0.3, -0.25) is 9.69 Å². The molecule has 1 N–H and O–H groups in total. The normalized spacial score (nSPS) is 18.3. The molecule has 0 radical (unpaired) electrons. The number of hydrogen-bond donors (Lipinski definition) is 1. The molecule has 0 atom stereocenters. The minimum absolute atomic E-state index is 0.0508. The van der Waals surface area contributed by atoms with Crippen LogP contribution >= 0.6 is 15.9 Å². The summed E-state index contributed by atoms with van der Waals surface area (Å²) >= 11 is 3.27. The third-order valence-electron chi connectivity index (χ3n) is 3.34. The molecule has 0 aliphatic carbocycles. The first-order chi connectivity index (χ1) is 9.89. The molecule has 0 saturated carbocycles. The van der Waals surface area contributed by atoms with Crippen LogP contribution in [0.3, 0.4) is 0 Å². The highest BCUT2D eigenvalue weighted by Gasteiger charge is 2.27. The van der Waals surface area contributed by atoms with Crippen molar-refractivity contribution >= 4 is 31.9 Å². The van der Waals surface area contributed by atoms with Crippen LogP contribution in [0.2, 0.25) is 0 Å². The summed E-state index contributed by atoms with van der Waals surface area (Å²) in [5.74, 6) is -0.890. The highest BCUT2D eigenvalue weighted by Crippen LogP contribution is 2.21. The smallest absolute Gasteiger partial charge is 0.317 e. The van der Waals surface area contributed by atoms with Crippen molar-refractivity contribution in [2.24, 2.45) is 0 Å². The number of aliphatic carboxylic acids is 1. The Bertz CT molecular complexity index is 620. The molecule has 1 aromatic rings. The van der Waals surface area contributed by atoms with Crippen molar-refractivity contribution in [2.75, 3.05) is 32.7 Å². The molecule has 116 valence electrons. The lowest BCUT2D eigenvalue weighted by Gasteiger charge is -2.21. The van der Waals surface area contributed by atoms with Gasteiger partial charge in [-0.25, -0.2) is 8.42 Å². The molecule has 1 fully saturated rings. The van der Waals surface area contributed by atoms with Crippen LogP contribution in [-0.4, -0.2) is 61.4 Å². The molecule has 0 bridgehead atoms. The van der Waals surface area contributed by atoms with Crippen LogP contribution in [0, 0.1) is 0 Å². The van der Waals surface area contributed by atoms with Crippen LogP contribution in [-0.2, 0) is 14.8 Å². The van der Waals surface area contributed by atoms with E-state index < -0.39 is 16.0 Å².